The van der Waals surface area contributed by atoms with E-state index < -0.39 is 10.0 Å². The van der Waals surface area contributed by atoms with Crippen molar-refractivity contribution in [3.63, 3.8) is 0 Å². The highest BCUT2D eigenvalue weighted by molar-refractivity contribution is 7.89. The minimum absolute atomic E-state index is 0. The van der Waals surface area contributed by atoms with Crippen molar-refractivity contribution >= 4 is 33.5 Å². The number of piperidine rings is 1. The zero-order valence-electron chi connectivity index (χ0n) is 12.0. The average molecular weight is 343 g/mol. The highest BCUT2D eigenvalue weighted by atomic mass is 35.5. The Hall–Kier alpha value is -1.15. The molecular weight excluding hydrogens is 324 g/mol. The van der Waals surface area contributed by atoms with Crippen LogP contribution in [0.2, 0.25) is 0 Å². The first-order chi connectivity index (χ1) is 10.2. The summed E-state index contributed by atoms with van der Waals surface area (Å²) in [5.41, 5.74) is 0.619. The summed E-state index contributed by atoms with van der Waals surface area (Å²) in [6, 6.07) is 4.05. The first kappa shape index (κ1) is 15.7. The number of nitrogens with zero attached hydrogens (tertiary/aromatic N) is 2. The summed E-state index contributed by atoms with van der Waals surface area (Å²) in [7, 11) is -3.45. The third-order valence-electron chi connectivity index (χ3n) is 4.65. The fourth-order valence-electron chi connectivity index (χ4n) is 3.52. The lowest BCUT2D eigenvalue weighted by molar-refractivity contribution is 0.247. The Morgan fingerprint density at radius 1 is 1.32 bits per heavy atom. The van der Waals surface area contributed by atoms with Crippen LogP contribution in [0.3, 0.4) is 0 Å². The maximum atomic E-state index is 12.9. The first-order valence-corrected chi connectivity index (χ1v) is 8.76. The molecule has 8 heteroatoms. The van der Waals surface area contributed by atoms with E-state index in [1.54, 1.807) is 28.8 Å². The summed E-state index contributed by atoms with van der Waals surface area (Å²) in [5.74, 6) is 0.442. The van der Waals surface area contributed by atoms with E-state index in [0.717, 1.165) is 19.4 Å². The van der Waals surface area contributed by atoms with Crippen LogP contribution in [0.4, 0.5) is 0 Å². The second kappa shape index (κ2) is 5.81. The number of aromatic amines is 1. The molecule has 2 atom stereocenters. The van der Waals surface area contributed by atoms with Gasteiger partial charge in [-0.2, -0.15) is 4.31 Å². The molecule has 2 aromatic rings. The highest BCUT2D eigenvalue weighted by Gasteiger charge is 2.38. The normalized spacial score (nSPS) is 25.8. The monoisotopic (exact) mass is 342 g/mol. The number of fused-ring (bicyclic) bond motifs is 2. The minimum atomic E-state index is -3.45. The molecule has 2 unspecified atom stereocenters. The summed E-state index contributed by atoms with van der Waals surface area (Å²) in [4.78, 5) is 7.46. The smallest absolute Gasteiger partial charge is 0.245 e. The van der Waals surface area contributed by atoms with Crippen molar-refractivity contribution in [2.75, 3.05) is 19.6 Å². The molecule has 0 aliphatic carbocycles. The van der Waals surface area contributed by atoms with E-state index >= 15 is 0 Å². The number of pyridine rings is 1. The number of hydrogen-bond donors (Lipinski definition) is 2. The second-order valence-corrected chi connectivity index (χ2v) is 7.72. The van der Waals surface area contributed by atoms with E-state index in [4.69, 9.17) is 0 Å². The van der Waals surface area contributed by atoms with E-state index in [0.29, 0.717) is 41.0 Å². The maximum absolute atomic E-state index is 12.9. The molecule has 2 aliphatic rings. The van der Waals surface area contributed by atoms with Crippen molar-refractivity contribution in [3.8, 4) is 0 Å². The zero-order chi connectivity index (χ0) is 14.4. The molecular formula is C14H19ClN4O2S. The van der Waals surface area contributed by atoms with Crippen LogP contribution in [-0.2, 0) is 10.0 Å². The van der Waals surface area contributed by atoms with Gasteiger partial charge in [0.2, 0.25) is 10.0 Å². The molecule has 0 aromatic carbocycles. The summed E-state index contributed by atoms with van der Waals surface area (Å²) in [5, 5.41) is 4.13. The van der Waals surface area contributed by atoms with Crippen molar-refractivity contribution < 1.29 is 8.42 Å². The Labute approximate surface area is 135 Å². The van der Waals surface area contributed by atoms with Gasteiger partial charge in [0.15, 0.2) is 0 Å². The number of H-pyrrole nitrogens is 1. The molecule has 2 N–H and O–H groups in total. The number of aromatic nitrogens is 2. The lowest BCUT2D eigenvalue weighted by Crippen LogP contribution is -2.46. The lowest BCUT2D eigenvalue weighted by atomic mass is 9.95. The van der Waals surface area contributed by atoms with Crippen molar-refractivity contribution in [3.05, 3.63) is 24.5 Å². The van der Waals surface area contributed by atoms with E-state index in [-0.39, 0.29) is 12.4 Å². The van der Waals surface area contributed by atoms with E-state index in [1.165, 1.54) is 0 Å². The van der Waals surface area contributed by atoms with Crippen molar-refractivity contribution in [1.29, 1.82) is 0 Å². The highest BCUT2D eigenvalue weighted by Crippen LogP contribution is 2.30. The van der Waals surface area contributed by atoms with E-state index in [1.807, 2.05) is 0 Å². The van der Waals surface area contributed by atoms with Crippen molar-refractivity contribution in [1.82, 2.24) is 19.6 Å². The molecule has 2 saturated heterocycles. The summed E-state index contributed by atoms with van der Waals surface area (Å²) >= 11 is 0. The number of hydrogen-bond acceptors (Lipinski definition) is 4. The van der Waals surface area contributed by atoms with Crippen molar-refractivity contribution in [2.24, 2.45) is 5.92 Å². The maximum Gasteiger partial charge on any atom is 0.245 e. The van der Waals surface area contributed by atoms with Gasteiger partial charge in [0.05, 0.1) is 0 Å². The van der Waals surface area contributed by atoms with Gasteiger partial charge in [0, 0.05) is 36.9 Å². The molecule has 2 fully saturated rings. The van der Waals surface area contributed by atoms with Crippen LogP contribution >= 0.6 is 12.4 Å². The van der Waals surface area contributed by atoms with Gasteiger partial charge in [-0.3, -0.25) is 0 Å². The van der Waals surface area contributed by atoms with Crippen LogP contribution in [0.15, 0.2) is 29.4 Å². The topological polar surface area (TPSA) is 78.1 Å². The third kappa shape index (κ3) is 2.42. The van der Waals surface area contributed by atoms with Gasteiger partial charge in [0.1, 0.15) is 10.5 Å². The summed E-state index contributed by atoms with van der Waals surface area (Å²) < 4.78 is 27.5. The number of nitrogens with one attached hydrogen (secondary N) is 2. The average Bonchev–Trinajstić information content (AvgIpc) is 3.13. The predicted molar refractivity (Wildman–Crippen MR) is 86.6 cm³/mol. The number of sulfonamides is 1. The molecule has 4 rings (SSSR count). The van der Waals surface area contributed by atoms with E-state index in [9.17, 15) is 8.42 Å². The predicted octanol–water partition coefficient (Wildman–Crippen LogP) is 1.36. The molecule has 2 aliphatic heterocycles. The Balaban J connectivity index is 0.00000144. The molecule has 0 saturated carbocycles. The molecule has 120 valence electrons. The van der Waals surface area contributed by atoms with Gasteiger partial charge >= 0.3 is 0 Å². The fourth-order valence-corrected chi connectivity index (χ4v) is 5.18. The fraction of sp³-hybridized carbons (Fsp3) is 0.500. The molecule has 6 nitrogen and oxygen atoms in total. The van der Waals surface area contributed by atoms with Gasteiger partial charge in [-0.15, -0.1) is 12.4 Å². The first-order valence-electron chi connectivity index (χ1n) is 7.32. The summed E-state index contributed by atoms with van der Waals surface area (Å²) in [6.07, 6.45) is 5.17. The second-order valence-electron chi connectivity index (χ2n) is 5.81. The number of halogens is 1. The Morgan fingerprint density at radius 3 is 3.05 bits per heavy atom. The molecule has 0 spiro atoms. The largest absolute Gasteiger partial charge is 0.345 e. The molecule has 2 aromatic heterocycles. The Kier molecular flexibility index (Phi) is 4.15. The van der Waals surface area contributed by atoms with Gasteiger partial charge in [0.25, 0.3) is 0 Å². The number of rotatable bonds is 2. The van der Waals surface area contributed by atoms with Crippen LogP contribution in [0.25, 0.3) is 11.0 Å². The molecule has 0 bridgehead atoms. The third-order valence-corrected chi connectivity index (χ3v) is 6.55. The minimum Gasteiger partial charge on any atom is -0.345 e. The van der Waals surface area contributed by atoms with Gasteiger partial charge in [-0.05, 0) is 37.4 Å². The van der Waals surface area contributed by atoms with Gasteiger partial charge < -0.3 is 10.3 Å². The van der Waals surface area contributed by atoms with Crippen LogP contribution in [0, 0.1) is 5.92 Å². The lowest BCUT2D eigenvalue weighted by Gasteiger charge is -2.33. The van der Waals surface area contributed by atoms with Crippen LogP contribution in [0.5, 0.6) is 0 Å². The van der Waals surface area contributed by atoms with Gasteiger partial charge in [-0.1, -0.05) is 0 Å². The molecule has 0 amide bonds. The molecule has 4 heterocycles. The van der Waals surface area contributed by atoms with Crippen LogP contribution < -0.4 is 5.32 Å². The van der Waals surface area contributed by atoms with E-state index in [2.05, 4.69) is 15.3 Å². The molecule has 0 radical (unpaired) electrons. The standard InChI is InChI=1S/C14H18N4O2S.ClH/c19-21(20,13-8-17-14-11(13)2-1-5-16-14)18-7-4-12-10(9-18)3-6-15-12;/h1-2,5,8,10,12,15H,3-4,6-7,9H2,(H,16,17);1H. The Bertz CT molecular complexity index is 776. The quantitative estimate of drug-likeness (QED) is 0.863. The summed E-state index contributed by atoms with van der Waals surface area (Å²) in [6.45, 7) is 2.20. The SMILES string of the molecule is Cl.O=S(=O)(c1c[nH]c2ncccc12)N1CCC2NCCC2C1. The van der Waals surface area contributed by atoms with Crippen LogP contribution in [-0.4, -0.2) is 48.4 Å². The van der Waals surface area contributed by atoms with Crippen LogP contribution in [0.1, 0.15) is 12.8 Å². The zero-order valence-corrected chi connectivity index (χ0v) is 13.7. The van der Waals surface area contributed by atoms with Gasteiger partial charge in [-0.25, -0.2) is 13.4 Å². The Morgan fingerprint density at radius 2 is 2.18 bits per heavy atom. The van der Waals surface area contributed by atoms with Crippen molar-refractivity contribution in [2.45, 2.75) is 23.8 Å². The molecule has 22 heavy (non-hydrogen) atoms.